The van der Waals surface area contributed by atoms with Gasteiger partial charge < -0.3 is 15.2 Å². The molecule has 2 N–H and O–H groups in total. The molecule has 1 rings (SSSR count). The zero-order chi connectivity index (χ0) is 14.5. The van der Waals surface area contributed by atoms with E-state index in [1.807, 2.05) is 0 Å². The fourth-order valence-corrected chi connectivity index (χ4v) is 1.33. The van der Waals surface area contributed by atoms with Crippen molar-refractivity contribution in [3.05, 3.63) is 28.3 Å². The average molecular weight is 276 g/mol. The summed E-state index contributed by atoms with van der Waals surface area (Å²) < 4.78 is 30.8. The summed E-state index contributed by atoms with van der Waals surface area (Å²) in [5.74, 6) is -3.25. The highest BCUT2D eigenvalue weighted by Gasteiger charge is 2.27. The molecule has 0 unspecified atom stereocenters. The van der Waals surface area contributed by atoms with Crippen LogP contribution in [0.5, 0.6) is 5.75 Å². The zero-order valence-electron chi connectivity index (χ0n) is 10.2. The molecule has 0 atom stereocenters. The molecule has 106 valence electrons. The summed E-state index contributed by atoms with van der Waals surface area (Å²) in [6.45, 7) is -0.168. The predicted molar refractivity (Wildman–Crippen MR) is 64.8 cm³/mol. The Kier molecular flexibility index (Phi) is 4.99. The lowest BCUT2D eigenvalue weighted by atomic mass is 10.2. The topological polar surface area (TPSA) is 84.6 Å². The van der Waals surface area contributed by atoms with Crippen molar-refractivity contribution < 1.29 is 23.5 Å². The van der Waals surface area contributed by atoms with Crippen molar-refractivity contribution in [1.82, 2.24) is 0 Å². The monoisotopic (exact) mass is 276 g/mol. The molecule has 0 bridgehead atoms. The van der Waals surface area contributed by atoms with E-state index in [4.69, 9.17) is 9.84 Å². The maximum absolute atomic E-state index is 12.8. The number of aliphatic hydroxyl groups is 1. The second kappa shape index (κ2) is 6.28. The van der Waals surface area contributed by atoms with Crippen LogP contribution >= 0.6 is 0 Å². The first kappa shape index (κ1) is 15.1. The third-order valence-corrected chi connectivity index (χ3v) is 2.24. The molecule has 1 aromatic rings. The number of hydrogen-bond acceptors (Lipinski definition) is 5. The Morgan fingerprint density at radius 3 is 2.74 bits per heavy atom. The number of halogens is 2. The van der Waals surface area contributed by atoms with Crippen LogP contribution in [-0.2, 0) is 0 Å². The number of rotatable bonds is 7. The molecule has 0 aliphatic rings. The Labute approximate surface area is 108 Å². The smallest absolute Gasteiger partial charge is 0.311 e. The number of nitro benzene ring substituents is 1. The van der Waals surface area contributed by atoms with E-state index < -0.39 is 24.0 Å². The van der Waals surface area contributed by atoms with Crippen LogP contribution in [-0.4, -0.2) is 35.7 Å². The summed E-state index contributed by atoms with van der Waals surface area (Å²) in [6, 6.07) is 3.74. The summed E-state index contributed by atoms with van der Waals surface area (Å²) in [4.78, 5) is 10.1. The summed E-state index contributed by atoms with van der Waals surface area (Å²) in [5, 5.41) is 21.5. The molecular weight excluding hydrogens is 262 g/mol. The maximum atomic E-state index is 12.8. The van der Waals surface area contributed by atoms with Crippen molar-refractivity contribution in [2.75, 3.05) is 25.1 Å². The van der Waals surface area contributed by atoms with Crippen molar-refractivity contribution in [3.63, 3.8) is 0 Å². The van der Waals surface area contributed by atoms with Gasteiger partial charge in [-0.05, 0) is 13.0 Å². The normalized spacial score (nSPS) is 11.2. The minimum Gasteiger partial charge on any atom is -0.487 e. The summed E-state index contributed by atoms with van der Waals surface area (Å²) in [6.07, 6.45) is 0. The van der Waals surface area contributed by atoms with Crippen LogP contribution in [0.3, 0.4) is 0 Å². The third-order valence-electron chi connectivity index (χ3n) is 2.24. The Hall–Kier alpha value is -1.96. The number of hydrogen-bond donors (Lipinski definition) is 2. The van der Waals surface area contributed by atoms with Gasteiger partial charge in [0.25, 0.3) is 5.92 Å². The van der Waals surface area contributed by atoms with Gasteiger partial charge >= 0.3 is 5.69 Å². The van der Waals surface area contributed by atoms with E-state index in [2.05, 4.69) is 5.32 Å². The van der Waals surface area contributed by atoms with Crippen LogP contribution in [0.15, 0.2) is 18.2 Å². The van der Waals surface area contributed by atoms with E-state index in [0.717, 1.165) is 0 Å². The standard InChI is InChI=1S/C11H14F2N2O4/c1-2-19-10-5-8(3-4-9(10)15(17)18)14-6-11(12,13)7-16/h3-5,14,16H,2,6-7H2,1H3. The number of anilines is 1. The highest BCUT2D eigenvalue weighted by Crippen LogP contribution is 2.30. The molecule has 0 aromatic heterocycles. The Morgan fingerprint density at radius 2 is 2.21 bits per heavy atom. The van der Waals surface area contributed by atoms with Crippen LogP contribution in [0.2, 0.25) is 0 Å². The molecule has 0 saturated carbocycles. The lowest BCUT2D eigenvalue weighted by Gasteiger charge is -2.15. The van der Waals surface area contributed by atoms with Gasteiger partial charge in [-0.15, -0.1) is 0 Å². The third kappa shape index (κ3) is 4.32. The number of nitro groups is 1. The molecule has 8 heteroatoms. The summed E-state index contributed by atoms with van der Waals surface area (Å²) in [7, 11) is 0. The number of nitrogens with one attached hydrogen (secondary N) is 1. The first-order valence-electron chi connectivity index (χ1n) is 5.53. The molecule has 0 fully saturated rings. The molecule has 0 radical (unpaired) electrons. The maximum Gasteiger partial charge on any atom is 0.311 e. The van der Waals surface area contributed by atoms with E-state index >= 15 is 0 Å². The highest BCUT2D eigenvalue weighted by atomic mass is 19.3. The molecular formula is C11H14F2N2O4. The lowest BCUT2D eigenvalue weighted by Crippen LogP contribution is -2.30. The van der Waals surface area contributed by atoms with E-state index in [9.17, 15) is 18.9 Å². The first-order valence-corrected chi connectivity index (χ1v) is 5.53. The van der Waals surface area contributed by atoms with Crippen molar-refractivity contribution in [3.8, 4) is 5.75 Å². The van der Waals surface area contributed by atoms with Gasteiger partial charge in [0.05, 0.1) is 18.1 Å². The number of benzene rings is 1. The molecule has 6 nitrogen and oxygen atoms in total. The van der Waals surface area contributed by atoms with E-state index in [0.29, 0.717) is 0 Å². The fourth-order valence-electron chi connectivity index (χ4n) is 1.33. The number of alkyl halides is 2. The quantitative estimate of drug-likeness (QED) is 0.588. The molecule has 1 aromatic carbocycles. The van der Waals surface area contributed by atoms with Crippen LogP contribution in [0.1, 0.15) is 6.92 Å². The molecule has 19 heavy (non-hydrogen) atoms. The van der Waals surface area contributed by atoms with E-state index in [1.54, 1.807) is 6.92 Å². The number of ether oxygens (including phenoxy) is 1. The molecule has 0 aliphatic heterocycles. The summed E-state index contributed by atoms with van der Waals surface area (Å²) >= 11 is 0. The van der Waals surface area contributed by atoms with Crippen LogP contribution < -0.4 is 10.1 Å². The van der Waals surface area contributed by atoms with E-state index in [1.165, 1.54) is 18.2 Å². The summed E-state index contributed by atoms with van der Waals surface area (Å²) in [5.41, 5.74) is 0.0171. The molecule has 0 amide bonds. The van der Waals surface area contributed by atoms with Gasteiger partial charge in [-0.2, -0.15) is 0 Å². The molecule has 0 aliphatic carbocycles. The largest absolute Gasteiger partial charge is 0.487 e. The van der Waals surface area contributed by atoms with Crippen molar-refractivity contribution in [2.45, 2.75) is 12.8 Å². The minimum atomic E-state index is -3.26. The number of nitrogens with zero attached hydrogens (tertiary/aromatic N) is 1. The van der Waals surface area contributed by atoms with Gasteiger partial charge in [-0.1, -0.05) is 0 Å². The van der Waals surface area contributed by atoms with Crippen LogP contribution in [0.25, 0.3) is 0 Å². The lowest BCUT2D eigenvalue weighted by molar-refractivity contribution is -0.385. The van der Waals surface area contributed by atoms with Gasteiger partial charge in [-0.3, -0.25) is 10.1 Å². The fraction of sp³-hybridized carbons (Fsp3) is 0.455. The zero-order valence-corrected chi connectivity index (χ0v) is 10.2. The Morgan fingerprint density at radius 1 is 1.53 bits per heavy atom. The number of aliphatic hydroxyl groups excluding tert-OH is 1. The van der Waals surface area contributed by atoms with Gasteiger partial charge in [0.15, 0.2) is 5.75 Å². The van der Waals surface area contributed by atoms with Crippen LogP contribution in [0, 0.1) is 10.1 Å². The van der Waals surface area contributed by atoms with Gasteiger partial charge in [-0.25, -0.2) is 8.78 Å². The van der Waals surface area contributed by atoms with Crippen LogP contribution in [0.4, 0.5) is 20.2 Å². The SMILES string of the molecule is CCOc1cc(NCC(F)(F)CO)ccc1[N+](=O)[O-]. The van der Waals surface area contributed by atoms with Gasteiger partial charge in [0.2, 0.25) is 0 Å². The van der Waals surface area contributed by atoms with Crippen molar-refractivity contribution in [1.29, 1.82) is 0 Å². The second-order valence-corrected chi connectivity index (χ2v) is 3.74. The van der Waals surface area contributed by atoms with E-state index in [-0.39, 0.29) is 23.7 Å². The average Bonchev–Trinajstić information content (AvgIpc) is 2.37. The predicted octanol–water partition coefficient (Wildman–Crippen LogP) is 2.03. The molecule has 0 saturated heterocycles. The van der Waals surface area contributed by atoms with Gasteiger partial charge in [0, 0.05) is 17.8 Å². The second-order valence-electron chi connectivity index (χ2n) is 3.74. The molecule has 0 heterocycles. The minimum absolute atomic E-state index is 0.00446. The molecule has 0 spiro atoms. The van der Waals surface area contributed by atoms with Crippen molar-refractivity contribution >= 4 is 11.4 Å². The Bertz CT molecular complexity index is 454. The highest BCUT2D eigenvalue weighted by molar-refractivity contribution is 5.58. The van der Waals surface area contributed by atoms with Crippen molar-refractivity contribution in [2.24, 2.45) is 0 Å². The van der Waals surface area contributed by atoms with Gasteiger partial charge in [0.1, 0.15) is 6.61 Å². The first-order chi connectivity index (χ1) is 8.89. The Balaban J connectivity index is 2.86.